The molecule has 0 N–H and O–H groups in total. The Morgan fingerprint density at radius 2 is 1.83 bits per heavy atom. The average molecular weight is 660 g/mol. The lowest BCUT2D eigenvalue weighted by atomic mass is 10.1. The van der Waals surface area contributed by atoms with Crippen molar-refractivity contribution in [2.24, 2.45) is 0 Å². The Hall–Kier alpha value is -3.10. The molecule has 0 bridgehead atoms. The fourth-order valence-corrected chi connectivity index (χ4v) is 6.29. The van der Waals surface area contributed by atoms with Gasteiger partial charge in [-0.05, 0) is 79.9 Å². The third-order valence-corrected chi connectivity index (χ3v) is 8.55. The van der Waals surface area contributed by atoms with Crippen molar-refractivity contribution < 1.29 is 36.0 Å². The lowest BCUT2D eigenvalue weighted by molar-refractivity contribution is 0.0184. The highest BCUT2D eigenvalue weighted by atomic mass is 79.9. The van der Waals surface area contributed by atoms with E-state index in [4.69, 9.17) is 9.57 Å². The van der Waals surface area contributed by atoms with Crippen molar-refractivity contribution in [1.29, 1.82) is 0 Å². The number of nitrogens with zero attached hydrogens (tertiary/aromatic N) is 4. The number of hydrogen-bond donors (Lipinski definition) is 0. The summed E-state index contributed by atoms with van der Waals surface area (Å²) in [5.41, 5.74) is -0.491. The molecular weight excluding hydrogens is 629 g/mol. The number of carbonyl (C=O) groups is 1. The highest BCUT2D eigenvalue weighted by Crippen LogP contribution is 2.36. The van der Waals surface area contributed by atoms with Crippen LogP contribution in [0.3, 0.4) is 0 Å². The van der Waals surface area contributed by atoms with Crippen LogP contribution in [0.4, 0.5) is 23.7 Å². The number of rotatable bonds is 7. The molecule has 0 saturated carbocycles. The van der Waals surface area contributed by atoms with E-state index < -0.39 is 43.7 Å². The molecule has 2 aromatic carbocycles. The summed E-state index contributed by atoms with van der Waals surface area (Å²) in [5, 5.41) is 5.34. The molecular formula is C27H30BrF3N4O5S. The Kier molecular flexibility index (Phi) is 9.04. The summed E-state index contributed by atoms with van der Waals surface area (Å²) in [7, 11) is -3.32. The van der Waals surface area contributed by atoms with E-state index in [9.17, 15) is 22.0 Å². The van der Waals surface area contributed by atoms with E-state index in [1.807, 2.05) is 20.8 Å². The van der Waals surface area contributed by atoms with Crippen molar-refractivity contribution in [2.75, 3.05) is 31.1 Å². The van der Waals surface area contributed by atoms with Crippen LogP contribution in [0.2, 0.25) is 0 Å². The van der Waals surface area contributed by atoms with Gasteiger partial charge in [0.25, 0.3) is 0 Å². The second-order valence-corrected chi connectivity index (χ2v) is 13.3. The first kappa shape index (κ1) is 30.8. The molecule has 2 heterocycles. The van der Waals surface area contributed by atoms with Gasteiger partial charge < -0.3 is 9.64 Å². The van der Waals surface area contributed by atoms with Crippen LogP contribution in [0.1, 0.15) is 39.7 Å². The number of hydroxylamine groups is 1. The van der Waals surface area contributed by atoms with Gasteiger partial charge in [0.15, 0.2) is 11.7 Å². The lowest BCUT2D eigenvalue weighted by Gasteiger charge is -2.33. The summed E-state index contributed by atoms with van der Waals surface area (Å²) in [5.74, 6) is -3.87. The summed E-state index contributed by atoms with van der Waals surface area (Å²) in [6.45, 7) is 6.37. The first-order valence-electron chi connectivity index (χ1n) is 12.7. The minimum absolute atomic E-state index is 0.0493. The van der Waals surface area contributed by atoms with Gasteiger partial charge in [-0.15, -0.1) is 0 Å². The summed E-state index contributed by atoms with van der Waals surface area (Å²) in [6, 6.07) is 6.30. The Labute approximate surface area is 244 Å². The number of hydrogen-bond acceptors (Lipinski definition) is 7. The van der Waals surface area contributed by atoms with Crippen molar-refractivity contribution in [3.8, 4) is 11.3 Å². The van der Waals surface area contributed by atoms with E-state index in [1.54, 1.807) is 15.8 Å². The molecule has 1 aromatic heterocycles. The second-order valence-electron chi connectivity index (χ2n) is 10.5. The van der Waals surface area contributed by atoms with Crippen LogP contribution >= 0.6 is 15.9 Å². The van der Waals surface area contributed by atoms with Gasteiger partial charge in [-0.25, -0.2) is 31.4 Å². The summed E-state index contributed by atoms with van der Waals surface area (Å²) in [4.78, 5) is 18.3. The predicted molar refractivity (Wildman–Crippen MR) is 149 cm³/mol. The molecule has 41 heavy (non-hydrogen) atoms. The van der Waals surface area contributed by atoms with E-state index >= 15 is 4.39 Å². The molecule has 1 saturated heterocycles. The predicted octanol–water partition coefficient (Wildman–Crippen LogP) is 6.10. The molecule has 4 rings (SSSR count). The first-order valence-corrected chi connectivity index (χ1v) is 15.2. The molecule has 14 heteroatoms. The minimum Gasteiger partial charge on any atom is -0.444 e. The summed E-state index contributed by atoms with van der Waals surface area (Å²) in [6.07, 6.45) is 2.57. The molecule has 3 aromatic rings. The van der Waals surface area contributed by atoms with Gasteiger partial charge in [0.05, 0.1) is 17.6 Å². The standard InChI is InChI=1S/C27H30BrF3N4O5S/c1-27(2,3)40-26(36)33-12-10-18(11-13-33)34-15-20(28)25(32-34)19-6-5-7-22(24(19)31)35(39-4)16-41(37,38)23-14-17(29)8-9-21(23)30/h5-9,14-15,18H,10-13,16H2,1-4H3. The molecule has 1 amide bonds. The minimum atomic E-state index is -4.45. The number of anilines is 1. The lowest BCUT2D eigenvalue weighted by Crippen LogP contribution is -2.42. The zero-order valence-corrected chi connectivity index (χ0v) is 25.3. The number of likely N-dealkylation sites (tertiary alicyclic amines) is 1. The Morgan fingerprint density at radius 3 is 2.46 bits per heavy atom. The maximum atomic E-state index is 15.8. The Morgan fingerprint density at radius 1 is 1.15 bits per heavy atom. The number of piperidine rings is 1. The number of amides is 1. The van der Waals surface area contributed by atoms with Crippen LogP contribution in [0.15, 0.2) is 52.0 Å². The number of benzene rings is 2. The van der Waals surface area contributed by atoms with Crippen LogP contribution in [0.25, 0.3) is 11.3 Å². The number of ether oxygens (including phenoxy) is 1. The normalized spacial score (nSPS) is 14.8. The molecule has 222 valence electrons. The molecule has 9 nitrogen and oxygen atoms in total. The highest BCUT2D eigenvalue weighted by molar-refractivity contribution is 9.10. The first-order chi connectivity index (χ1) is 19.2. The zero-order chi connectivity index (χ0) is 30.1. The van der Waals surface area contributed by atoms with E-state index in [-0.39, 0.29) is 29.1 Å². The van der Waals surface area contributed by atoms with E-state index in [0.29, 0.717) is 42.5 Å². The van der Waals surface area contributed by atoms with Gasteiger partial charge in [0.2, 0.25) is 9.84 Å². The van der Waals surface area contributed by atoms with E-state index in [1.165, 1.54) is 18.2 Å². The van der Waals surface area contributed by atoms with Crippen LogP contribution in [-0.4, -0.2) is 60.9 Å². The SMILES string of the molecule is CON(CS(=O)(=O)c1cc(F)ccc1F)c1cccc(-c2nn(C3CCN(C(=O)OC(C)(C)C)CC3)cc2Br)c1F. The third kappa shape index (κ3) is 7.04. The van der Waals surface area contributed by atoms with Crippen LogP contribution in [0, 0.1) is 17.5 Å². The van der Waals surface area contributed by atoms with Crippen LogP contribution in [0.5, 0.6) is 0 Å². The van der Waals surface area contributed by atoms with Gasteiger partial charge in [0.1, 0.15) is 33.5 Å². The Balaban J connectivity index is 1.55. The molecule has 1 fully saturated rings. The molecule has 0 atom stereocenters. The molecule has 0 radical (unpaired) electrons. The average Bonchev–Trinajstić information content (AvgIpc) is 3.29. The van der Waals surface area contributed by atoms with Gasteiger partial charge in [-0.1, -0.05) is 6.07 Å². The van der Waals surface area contributed by atoms with Crippen molar-refractivity contribution in [2.45, 2.75) is 50.2 Å². The van der Waals surface area contributed by atoms with Gasteiger partial charge in [-0.2, -0.15) is 5.10 Å². The quantitative estimate of drug-likeness (QED) is 0.283. The largest absolute Gasteiger partial charge is 0.444 e. The van der Waals surface area contributed by atoms with Crippen molar-refractivity contribution in [1.82, 2.24) is 14.7 Å². The van der Waals surface area contributed by atoms with E-state index in [2.05, 4.69) is 21.0 Å². The van der Waals surface area contributed by atoms with E-state index in [0.717, 1.165) is 18.2 Å². The molecule has 1 aliphatic heterocycles. The maximum absolute atomic E-state index is 15.8. The smallest absolute Gasteiger partial charge is 0.410 e. The van der Waals surface area contributed by atoms with Crippen molar-refractivity contribution >= 4 is 37.5 Å². The highest BCUT2D eigenvalue weighted by Gasteiger charge is 2.30. The number of carbonyl (C=O) groups excluding carboxylic acids is 1. The van der Waals surface area contributed by atoms with Crippen molar-refractivity contribution in [3.63, 3.8) is 0 Å². The maximum Gasteiger partial charge on any atom is 0.410 e. The monoisotopic (exact) mass is 658 g/mol. The summed E-state index contributed by atoms with van der Waals surface area (Å²) >= 11 is 3.44. The van der Waals surface area contributed by atoms with Crippen LogP contribution in [-0.2, 0) is 19.4 Å². The van der Waals surface area contributed by atoms with Gasteiger partial charge >= 0.3 is 6.09 Å². The number of halogens is 4. The molecule has 1 aliphatic rings. The van der Waals surface area contributed by atoms with Crippen molar-refractivity contribution in [3.05, 3.63) is 64.5 Å². The number of sulfone groups is 1. The number of aromatic nitrogens is 2. The van der Waals surface area contributed by atoms with Gasteiger partial charge in [-0.3, -0.25) is 9.52 Å². The Bertz CT molecular complexity index is 1540. The van der Waals surface area contributed by atoms with Crippen LogP contribution < -0.4 is 5.06 Å². The fourth-order valence-electron chi connectivity index (χ4n) is 4.43. The topological polar surface area (TPSA) is 94.0 Å². The molecule has 0 unspecified atom stereocenters. The zero-order valence-electron chi connectivity index (χ0n) is 22.9. The second kappa shape index (κ2) is 12.0. The molecule has 0 aliphatic carbocycles. The fraction of sp³-hybridized carbons (Fsp3) is 0.407. The van der Waals surface area contributed by atoms with Gasteiger partial charge in [0, 0.05) is 24.8 Å². The summed E-state index contributed by atoms with van der Waals surface area (Å²) < 4.78 is 77.1. The third-order valence-electron chi connectivity index (χ3n) is 6.42. The molecule has 0 spiro atoms.